The van der Waals surface area contributed by atoms with Crippen molar-refractivity contribution in [3.05, 3.63) is 0 Å². The Morgan fingerprint density at radius 1 is 1.67 bits per heavy atom. The van der Waals surface area contributed by atoms with Crippen LogP contribution in [0.1, 0.15) is 27.7 Å². The van der Waals surface area contributed by atoms with Crippen LogP contribution in [0.4, 0.5) is 0 Å². The zero-order valence-corrected chi connectivity index (χ0v) is 5.35. The average molecular weight is 132 g/mol. The van der Waals surface area contributed by atoms with Crippen molar-refractivity contribution in [3.8, 4) is 0 Å². The zero-order valence-electron chi connectivity index (χ0n) is 5.35. The summed E-state index contributed by atoms with van der Waals surface area (Å²) >= 11 is 0. The van der Waals surface area contributed by atoms with Gasteiger partial charge >= 0.3 is 0 Å². The fourth-order valence-electron chi connectivity index (χ4n) is 0.555. The van der Waals surface area contributed by atoms with E-state index < -0.39 is 0 Å². The largest absolute Gasteiger partial charge is 0.396 e. The standard InChI is InChI=1S/C6H12O2.CH4/c1-5(4-7)3-6(2)8;/h5,7H,3-4H2,1-2H3;1H4. The molecule has 0 bridgehead atoms. The Morgan fingerprint density at radius 3 is 2.22 bits per heavy atom. The molecule has 0 radical (unpaired) electrons. The molecule has 1 N–H and O–H groups in total. The van der Waals surface area contributed by atoms with E-state index >= 15 is 0 Å². The number of aliphatic hydroxyl groups excluding tert-OH is 1. The quantitative estimate of drug-likeness (QED) is 0.627. The summed E-state index contributed by atoms with van der Waals surface area (Å²) in [5, 5.41) is 8.43. The van der Waals surface area contributed by atoms with Crippen LogP contribution < -0.4 is 0 Å². The number of ketones is 1. The van der Waals surface area contributed by atoms with E-state index in [9.17, 15) is 4.79 Å². The van der Waals surface area contributed by atoms with E-state index in [1.165, 1.54) is 6.92 Å². The van der Waals surface area contributed by atoms with Crippen LogP contribution in [0, 0.1) is 5.92 Å². The van der Waals surface area contributed by atoms with Gasteiger partial charge < -0.3 is 9.90 Å². The van der Waals surface area contributed by atoms with Gasteiger partial charge in [-0.3, -0.25) is 0 Å². The molecule has 56 valence electrons. The first-order valence-corrected chi connectivity index (χ1v) is 2.77. The van der Waals surface area contributed by atoms with Gasteiger partial charge in [0.1, 0.15) is 5.78 Å². The third-order valence-electron chi connectivity index (χ3n) is 0.948. The lowest BCUT2D eigenvalue weighted by Gasteiger charge is -2.01. The number of Topliss-reactive ketones (excluding diaryl/α,β-unsaturated/α-hetero) is 1. The van der Waals surface area contributed by atoms with Crippen molar-refractivity contribution >= 4 is 5.78 Å². The first-order valence-electron chi connectivity index (χ1n) is 2.77. The van der Waals surface area contributed by atoms with Crippen molar-refractivity contribution in [1.29, 1.82) is 0 Å². The number of carbonyl (C=O) groups is 1. The van der Waals surface area contributed by atoms with Gasteiger partial charge in [0.05, 0.1) is 0 Å². The first-order chi connectivity index (χ1) is 3.66. The van der Waals surface area contributed by atoms with Gasteiger partial charge in [-0.2, -0.15) is 0 Å². The van der Waals surface area contributed by atoms with Crippen molar-refractivity contribution in [1.82, 2.24) is 0 Å². The summed E-state index contributed by atoms with van der Waals surface area (Å²) in [5.41, 5.74) is 0. The lowest BCUT2D eigenvalue weighted by Crippen LogP contribution is -2.05. The van der Waals surface area contributed by atoms with Crippen LogP contribution in [0.5, 0.6) is 0 Å². The summed E-state index contributed by atoms with van der Waals surface area (Å²) in [6, 6.07) is 0. The normalized spacial score (nSPS) is 11.9. The minimum atomic E-state index is 0. The smallest absolute Gasteiger partial charge is 0.130 e. The van der Waals surface area contributed by atoms with E-state index in [4.69, 9.17) is 5.11 Å². The Morgan fingerprint density at radius 2 is 2.11 bits per heavy atom. The fraction of sp³-hybridized carbons (Fsp3) is 0.857. The van der Waals surface area contributed by atoms with Gasteiger partial charge in [0.2, 0.25) is 0 Å². The van der Waals surface area contributed by atoms with Gasteiger partial charge in [0.15, 0.2) is 0 Å². The Bertz CT molecular complexity index is 79.0. The van der Waals surface area contributed by atoms with Gasteiger partial charge in [-0.25, -0.2) is 0 Å². The van der Waals surface area contributed by atoms with E-state index in [-0.39, 0.29) is 25.7 Å². The summed E-state index contributed by atoms with van der Waals surface area (Å²) in [4.78, 5) is 10.3. The van der Waals surface area contributed by atoms with Crippen molar-refractivity contribution in [3.63, 3.8) is 0 Å². The Labute approximate surface area is 56.9 Å². The number of hydrogen-bond acceptors (Lipinski definition) is 2. The van der Waals surface area contributed by atoms with Crippen LogP contribution >= 0.6 is 0 Å². The molecule has 0 heterocycles. The first kappa shape index (κ1) is 11.4. The molecular formula is C7H16O2. The molecule has 0 aliphatic heterocycles. The topological polar surface area (TPSA) is 37.3 Å². The van der Waals surface area contributed by atoms with Gasteiger partial charge in [-0.1, -0.05) is 14.4 Å². The maximum Gasteiger partial charge on any atom is 0.130 e. The lowest BCUT2D eigenvalue weighted by atomic mass is 10.1. The summed E-state index contributed by atoms with van der Waals surface area (Å²) in [6.07, 6.45) is 0.497. The van der Waals surface area contributed by atoms with Gasteiger partial charge in [0.25, 0.3) is 0 Å². The summed E-state index contributed by atoms with van der Waals surface area (Å²) in [5.74, 6) is 0.277. The lowest BCUT2D eigenvalue weighted by molar-refractivity contribution is -0.118. The predicted molar refractivity (Wildman–Crippen MR) is 38.3 cm³/mol. The van der Waals surface area contributed by atoms with Crippen LogP contribution in [-0.4, -0.2) is 17.5 Å². The van der Waals surface area contributed by atoms with Crippen LogP contribution in [0.25, 0.3) is 0 Å². The SMILES string of the molecule is C.CC(=O)CC(C)CO. The molecular weight excluding hydrogens is 116 g/mol. The molecule has 0 spiro atoms. The predicted octanol–water partition coefficient (Wildman–Crippen LogP) is 1.23. The molecule has 0 aromatic carbocycles. The van der Waals surface area contributed by atoms with Gasteiger partial charge in [-0.05, 0) is 12.8 Å². The molecule has 9 heavy (non-hydrogen) atoms. The van der Waals surface area contributed by atoms with Crippen LogP contribution in [-0.2, 0) is 4.79 Å². The summed E-state index contributed by atoms with van der Waals surface area (Å²) < 4.78 is 0. The van der Waals surface area contributed by atoms with Gasteiger partial charge in [0, 0.05) is 13.0 Å². The zero-order chi connectivity index (χ0) is 6.57. The molecule has 2 heteroatoms. The molecule has 0 saturated heterocycles. The molecule has 0 aliphatic carbocycles. The fourth-order valence-corrected chi connectivity index (χ4v) is 0.555. The Kier molecular flexibility index (Phi) is 7.32. The molecule has 0 amide bonds. The second kappa shape index (κ2) is 5.76. The second-order valence-corrected chi connectivity index (χ2v) is 2.19. The second-order valence-electron chi connectivity index (χ2n) is 2.19. The third kappa shape index (κ3) is 7.63. The van der Waals surface area contributed by atoms with Crippen molar-refractivity contribution < 1.29 is 9.90 Å². The van der Waals surface area contributed by atoms with E-state index in [1.54, 1.807) is 0 Å². The molecule has 1 atom stereocenters. The van der Waals surface area contributed by atoms with Gasteiger partial charge in [-0.15, -0.1) is 0 Å². The molecule has 2 nitrogen and oxygen atoms in total. The average Bonchev–Trinajstić information content (AvgIpc) is 1.65. The Hall–Kier alpha value is -0.370. The summed E-state index contributed by atoms with van der Waals surface area (Å²) in [6.45, 7) is 3.49. The molecule has 0 saturated carbocycles. The highest BCUT2D eigenvalue weighted by molar-refractivity contribution is 5.75. The molecule has 1 unspecified atom stereocenters. The van der Waals surface area contributed by atoms with Crippen molar-refractivity contribution in [2.75, 3.05) is 6.61 Å². The van der Waals surface area contributed by atoms with E-state index in [2.05, 4.69) is 0 Å². The number of carbonyl (C=O) groups excluding carboxylic acids is 1. The maximum absolute atomic E-state index is 10.3. The molecule has 0 fully saturated rings. The van der Waals surface area contributed by atoms with Crippen molar-refractivity contribution in [2.45, 2.75) is 27.7 Å². The number of rotatable bonds is 3. The molecule has 0 aliphatic rings. The molecule has 0 aromatic heterocycles. The van der Waals surface area contributed by atoms with E-state index in [0.717, 1.165) is 0 Å². The highest BCUT2D eigenvalue weighted by Crippen LogP contribution is 1.98. The number of aliphatic hydroxyl groups is 1. The highest BCUT2D eigenvalue weighted by Gasteiger charge is 2.01. The summed E-state index contributed by atoms with van der Waals surface area (Å²) in [7, 11) is 0. The van der Waals surface area contributed by atoms with Crippen LogP contribution in [0.3, 0.4) is 0 Å². The number of hydrogen-bond donors (Lipinski definition) is 1. The minimum Gasteiger partial charge on any atom is -0.396 e. The maximum atomic E-state index is 10.3. The third-order valence-corrected chi connectivity index (χ3v) is 0.948. The van der Waals surface area contributed by atoms with Crippen LogP contribution in [0.15, 0.2) is 0 Å². The van der Waals surface area contributed by atoms with Crippen LogP contribution in [0.2, 0.25) is 0 Å². The molecule has 0 aromatic rings. The Balaban J connectivity index is 0. The van der Waals surface area contributed by atoms with E-state index in [1.807, 2.05) is 6.92 Å². The molecule has 0 rings (SSSR count). The van der Waals surface area contributed by atoms with E-state index in [0.29, 0.717) is 6.42 Å². The minimum absolute atomic E-state index is 0. The van der Waals surface area contributed by atoms with Crippen molar-refractivity contribution in [2.24, 2.45) is 5.92 Å². The highest BCUT2D eigenvalue weighted by atomic mass is 16.3. The monoisotopic (exact) mass is 132 g/mol.